The standard InChI is InChI=1S/C5H8F3NO.C2H6/c1-3(2)9-4(10)5(6,7)8;1-2/h3H,1-2H3,(H,9,10);1-2H3. The monoisotopic (exact) mass is 185 g/mol. The maximum Gasteiger partial charge on any atom is 0.471 e. The van der Waals surface area contributed by atoms with Crippen molar-refractivity contribution >= 4 is 5.91 Å². The van der Waals surface area contributed by atoms with Crippen LogP contribution in [0.4, 0.5) is 13.2 Å². The molecule has 74 valence electrons. The van der Waals surface area contributed by atoms with Crippen molar-refractivity contribution in [3.63, 3.8) is 0 Å². The third-order valence-corrected chi connectivity index (χ3v) is 0.677. The molecule has 12 heavy (non-hydrogen) atoms. The second kappa shape index (κ2) is 5.85. The number of nitrogens with one attached hydrogen (secondary N) is 1. The summed E-state index contributed by atoms with van der Waals surface area (Å²) in [4.78, 5) is 10.0. The van der Waals surface area contributed by atoms with Gasteiger partial charge in [0.05, 0.1) is 0 Å². The summed E-state index contributed by atoms with van der Waals surface area (Å²) in [6.07, 6.45) is -4.76. The van der Waals surface area contributed by atoms with E-state index >= 15 is 0 Å². The molecule has 2 nitrogen and oxygen atoms in total. The van der Waals surface area contributed by atoms with Gasteiger partial charge in [0, 0.05) is 6.04 Å². The zero-order valence-electron chi connectivity index (χ0n) is 7.62. The number of alkyl halides is 3. The first-order valence-corrected chi connectivity index (χ1v) is 3.71. The Labute approximate surface area is 70.1 Å². The first-order chi connectivity index (χ1) is 5.34. The fourth-order valence-electron chi connectivity index (χ4n) is 0.344. The van der Waals surface area contributed by atoms with Crippen LogP contribution in [0.15, 0.2) is 0 Å². The predicted octanol–water partition coefficient (Wildman–Crippen LogP) is 2.10. The lowest BCUT2D eigenvalue weighted by Gasteiger charge is -2.09. The molecule has 0 aliphatic carbocycles. The van der Waals surface area contributed by atoms with Gasteiger partial charge in [-0.3, -0.25) is 4.79 Å². The van der Waals surface area contributed by atoms with Crippen molar-refractivity contribution in [3.8, 4) is 0 Å². The van der Waals surface area contributed by atoms with Crippen molar-refractivity contribution < 1.29 is 18.0 Å². The van der Waals surface area contributed by atoms with Gasteiger partial charge in [0.2, 0.25) is 0 Å². The molecule has 0 aromatic heterocycles. The molecule has 0 aromatic rings. The van der Waals surface area contributed by atoms with E-state index in [0.717, 1.165) is 0 Å². The van der Waals surface area contributed by atoms with Crippen molar-refractivity contribution in [1.29, 1.82) is 0 Å². The van der Waals surface area contributed by atoms with Crippen LogP contribution in [-0.2, 0) is 4.79 Å². The zero-order chi connectivity index (χ0) is 10.4. The summed E-state index contributed by atoms with van der Waals surface area (Å²) in [6.45, 7) is 6.92. The molecule has 0 bridgehead atoms. The van der Waals surface area contributed by atoms with Gasteiger partial charge in [-0.15, -0.1) is 0 Å². The molecule has 0 aliphatic heterocycles. The summed E-state index contributed by atoms with van der Waals surface area (Å²) in [5, 5.41) is 1.72. The van der Waals surface area contributed by atoms with Crippen LogP contribution in [0.1, 0.15) is 27.7 Å². The highest BCUT2D eigenvalue weighted by Crippen LogP contribution is 2.14. The van der Waals surface area contributed by atoms with Gasteiger partial charge in [0.25, 0.3) is 0 Å². The Hall–Kier alpha value is -0.740. The van der Waals surface area contributed by atoms with Crippen LogP contribution in [0.25, 0.3) is 0 Å². The first kappa shape index (κ1) is 13.8. The summed E-state index contributed by atoms with van der Waals surface area (Å²) in [5.74, 6) is -1.89. The highest BCUT2D eigenvalue weighted by atomic mass is 19.4. The SMILES string of the molecule is CC.CC(C)NC(=O)C(F)(F)F. The van der Waals surface area contributed by atoms with E-state index in [1.165, 1.54) is 13.8 Å². The van der Waals surface area contributed by atoms with Gasteiger partial charge in [-0.2, -0.15) is 13.2 Å². The van der Waals surface area contributed by atoms with Crippen molar-refractivity contribution in [2.24, 2.45) is 0 Å². The van der Waals surface area contributed by atoms with Gasteiger partial charge in [-0.25, -0.2) is 0 Å². The smallest absolute Gasteiger partial charge is 0.346 e. The Morgan fingerprint density at radius 3 is 1.67 bits per heavy atom. The fraction of sp³-hybridized carbons (Fsp3) is 0.857. The topological polar surface area (TPSA) is 29.1 Å². The van der Waals surface area contributed by atoms with E-state index in [-0.39, 0.29) is 0 Å². The molecule has 0 atom stereocenters. The van der Waals surface area contributed by atoms with Gasteiger partial charge in [0.1, 0.15) is 0 Å². The van der Waals surface area contributed by atoms with Gasteiger partial charge in [-0.05, 0) is 13.8 Å². The van der Waals surface area contributed by atoms with Crippen molar-refractivity contribution in [2.45, 2.75) is 39.9 Å². The third-order valence-electron chi connectivity index (χ3n) is 0.677. The van der Waals surface area contributed by atoms with Crippen LogP contribution in [0.3, 0.4) is 0 Å². The van der Waals surface area contributed by atoms with Crippen LogP contribution < -0.4 is 5.32 Å². The molecule has 0 heterocycles. The Balaban J connectivity index is 0. The van der Waals surface area contributed by atoms with Crippen LogP contribution in [0.5, 0.6) is 0 Å². The second-order valence-electron chi connectivity index (χ2n) is 2.13. The molecule has 5 heteroatoms. The molecule has 0 unspecified atom stereocenters. The van der Waals surface area contributed by atoms with Crippen molar-refractivity contribution in [2.75, 3.05) is 0 Å². The van der Waals surface area contributed by atoms with E-state index < -0.39 is 18.1 Å². The maximum absolute atomic E-state index is 11.4. The Kier molecular flexibility index (Phi) is 6.74. The van der Waals surface area contributed by atoms with Gasteiger partial charge in [-0.1, -0.05) is 13.8 Å². The molecule has 1 amide bonds. The van der Waals surface area contributed by atoms with E-state index in [1.807, 2.05) is 13.8 Å². The number of halogens is 3. The number of carbonyl (C=O) groups excluding carboxylic acids is 1. The van der Waals surface area contributed by atoms with E-state index in [0.29, 0.717) is 0 Å². The molecular weight excluding hydrogens is 171 g/mol. The molecular formula is C7H14F3NO. The number of hydrogen-bond acceptors (Lipinski definition) is 1. The largest absolute Gasteiger partial charge is 0.471 e. The van der Waals surface area contributed by atoms with Crippen molar-refractivity contribution in [1.82, 2.24) is 5.32 Å². The van der Waals surface area contributed by atoms with E-state index in [1.54, 1.807) is 5.32 Å². The van der Waals surface area contributed by atoms with Crippen LogP contribution >= 0.6 is 0 Å². The lowest BCUT2D eigenvalue weighted by Crippen LogP contribution is -2.40. The minimum absolute atomic E-state index is 0.478. The third kappa shape index (κ3) is 7.37. The molecule has 0 saturated carbocycles. The predicted molar refractivity (Wildman–Crippen MR) is 40.7 cm³/mol. The van der Waals surface area contributed by atoms with E-state index in [4.69, 9.17) is 0 Å². The van der Waals surface area contributed by atoms with Crippen LogP contribution in [-0.4, -0.2) is 18.1 Å². The lowest BCUT2D eigenvalue weighted by atomic mass is 10.4. The first-order valence-electron chi connectivity index (χ1n) is 3.71. The lowest BCUT2D eigenvalue weighted by molar-refractivity contribution is -0.174. The van der Waals surface area contributed by atoms with Gasteiger partial charge in [0.15, 0.2) is 0 Å². The number of carbonyl (C=O) groups is 1. The normalized spacial score (nSPS) is 10.3. The van der Waals surface area contributed by atoms with Gasteiger partial charge < -0.3 is 5.32 Å². The Morgan fingerprint density at radius 1 is 1.25 bits per heavy atom. The van der Waals surface area contributed by atoms with Gasteiger partial charge >= 0.3 is 12.1 Å². The highest BCUT2D eigenvalue weighted by Gasteiger charge is 2.38. The quantitative estimate of drug-likeness (QED) is 0.666. The average molecular weight is 185 g/mol. The molecule has 0 aromatic carbocycles. The number of rotatable bonds is 1. The summed E-state index contributed by atoms with van der Waals surface area (Å²) in [5.41, 5.74) is 0. The molecule has 0 fully saturated rings. The molecule has 0 radical (unpaired) electrons. The molecule has 0 saturated heterocycles. The minimum atomic E-state index is -4.76. The highest BCUT2D eigenvalue weighted by molar-refractivity contribution is 5.81. The Bertz CT molecular complexity index is 131. The number of amides is 1. The molecule has 0 aliphatic rings. The summed E-state index contributed by atoms with van der Waals surface area (Å²) in [6, 6.07) is -0.478. The molecule has 1 N–H and O–H groups in total. The average Bonchev–Trinajstić information content (AvgIpc) is 1.88. The van der Waals surface area contributed by atoms with Crippen molar-refractivity contribution in [3.05, 3.63) is 0 Å². The van der Waals surface area contributed by atoms with Crippen LogP contribution in [0, 0.1) is 0 Å². The number of hydrogen-bond donors (Lipinski definition) is 1. The second-order valence-corrected chi connectivity index (χ2v) is 2.13. The summed E-state index contributed by atoms with van der Waals surface area (Å²) in [7, 11) is 0. The van der Waals surface area contributed by atoms with E-state index in [9.17, 15) is 18.0 Å². The maximum atomic E-state index is 11.4. The van der Waals surface area contributed by atoms with E-state index in [2.05, 4.69) is 0 Å². The zero-order valence-corrected chi connectivity index (χ0v) is 7.62. The summed E-state index contributed by atoms with van der Waals surface area (Å²) < 4.78 is 34.2. The minimum Gasteiger partial charge on any atom is -0.346 e. The van der Waals surface area contributed by atoms with Crippen LogP contribution in [0.2, 0.25) is 0 Å². The fourth-order valence-corrected chi connectivity index (χ4v) is 0.344. The summed E-state index contributed by atoms with van der Waals surface area (Å²) >= 11 is 0. The molecule has 0 spiro atoms. The Morgan fingerprint density at radius 2 is 1.58 bits per heavy atom. The molecule has 0 rings (SSSR count).